The zero-order chi connectivity index (χ0) is 16.4. The second-order valence-corrected chi connectivity index (χ2v) is 8.55. The largest absolute Gasteiger partial charge is 0.307 e. The van der Waals surface area contributed by atoms with E-state index < -0.39 is 0 Å². The molecule has 0 aliphatic heterocycles. The lowest BCUT2D eigenvalue weighted by molar-refractivity contribution is -0.0979. The van der Waals surface area contributed by atoms with Crippen LogP contribution >= 0.6 is 0 Å². The van der Waals surface area contributed by atoms with Crippen molar-refractivity contribution in [3.63, 3.8) is 0 Å². The van der Waals surface area contributed by atoms with Crippen molar-refractivity contribution < 1.29 is 4.79 Å². The maximum absolute atomic E-state index is 8.00. The molecule has 0 saturated carbocycles. The summed E-state index contributed by atoms with van der Waals surface area (Å²) in [5, 5.41) is 0. The summed E-state index contributed by atoms with van der Waals surface area (Å²) in [6.07, 6.45) is 0. The Hall–Kier alpha value is -1.11. The van der Waals surface area contributed by atoms with Gasteiger partial charge in [-0.05, 0) is 32.9 Å². The third-order valence-corrected chi connectivity index (χ3v) is 3.53. The van der Waals surface area contributed by atoms with E-state index >= 15 is 0 Å². The van der Waals surface area contributed by atoms with Gasteiger partial charge in [-0.15, -0.1) is 0 Å². The molecule has 1 aromatic rings. The zero-order valence-corrected chi connectivity index (χ0v) is 14.8. The van der Waals surface area contributed by atoms with Crippen molar-refractivity contribution in [3.05, 3.63) is 34.9 Å². The maximum Gasteiger partial charge on any atom is 0.106 e. The van der Waals surface area contributed by atoms with E-state index in [1.807, 2.05) is 6.79 Å². The van der Waals surface area contributed by atoms with Gasteiger partial charge in [0.15, 0.2) is 0 Å². The van der Waals surface area contributed by atoms with Crippen LogP contribution in [0.15, 0.2) is 18.2 Å². The zero-order valence-electron chi connectivity index (χ0n) is 14.8. The molecule has 0 aliphatic carbocycles. The lowest BCUT2D eigenvalue weighted by atomic mass is 9.76. The van der Waals surface area contributed by atoms with Crippen LogP contribution in [0, 0.1) is 0 Å². The Labute approximate surface area is 125 Å². The average Bonchev–Trinajstić information content (AvgIpc) is 2.27. The third kappa shape index (κ3) is 5.11. The summed E-state index contributed by atoms with van der Waals surface area (Å²) in [7, 11) is 0. The van der Waals surface area contributed by atoms with Gasteiger partial charge in [-0.25, -0.2) is 0 Å². The lowest BCUT2D eigenvalue weighted by Gasteiger charge is -2.29. The minimum Gasteiger partial charge on any atom is -0.307 e. The minimum absolute atomic E-state index is 0.210. The first-order chi connectivity index (χ1) is 8.82. The number of carbonyl (C=O) groups excluding carboxylic acids is 1. The van der Waals surface area contributed by atoms with Gasteiger partial charge >= 0.3 is 0 Å². The predicted octanol–water partition coefficient (Wildman–Crippen LogP) is 5.39. The van der Waals surface area contributed by atoms with E-state index in [-0.39, 0.29) is 16.2 Å². The first kappa shape index (κ1) is 18.9. The van der Waals surface area contributed by atoms with E-state index in [0.29, 0.717) is 0 Å². The highest BCUT2D eigenvalue weighted by molar-refractivity contribution is 5.39. The topological polar surface area (TPSA) is 17.1 Å². The van der Waals surface area contributed by atoms with Crippen LogP contribution in [0.2, 0.25) is 0 Å². The summed E-state index contributed by atoms with van der Waals surface area (Å²) in [5.41, 5.74) is 4.96. The van der Waals surface area contributed by atoms with Crippen LogP contribution in [0.25, 0.3) is 0 Å². The molecule has 1 rings (SSSR count). The number of hydrogen-bond acceptors (Lipinski definition) is 1. The number of benzene rings is 1. The molecule has 0 amide bonds. The summed E-state index contributed by atoms with van der Waals surface area (Å²) in [6.45, 7) is 22.6. The van der Waals surface area contributed by atoms with Crippen LogP contribution in [-0.2, 0) is 21.0 Å². The number of rotatable bonds is 0. The highest BCUT2D eigenvalue weighted by atomic mass is 16.1. The highest BCUT2D eigenvalue weighted by Crippen LogP contribution is 2.34. The molecule has 0 unspecified atom stereocenters. The molecule has 0 fully saturated rings. The van der Waals surface area contributed by atoms with Gasteiger partial charge in [0.05, 0.1) is 0 Å². The van der Waals surface area contributed by atoms with Crippen molar-refractivity contribution in [3.8, 4) is 0 Å². The second-order valence-electron chi connectivity index (χ2n) is 8.55. The van der Waals surface area contributed by atoms with Gasteiger partial charge in [-0.2, -0.15) is 0 Å². The molecular formula is C19H32O. The van der Waals surface area contributed by atoms with Crippen molar-refractivity contribution in [2.24, 2.45) is 0 Å². The van der Waals surface area contributed by atoms with Crippen LogP contribution in [0.1, 0.15) is 79.0 Å². The molecule has 1 heteroatoms. The summed E-state index contributed by atoms with van der Waals surface area (Å²) in [5.74, 6) is 0. The summed E-state index contributed by atoms with van der Waals surface area (Å²) in [6, 6.07) is 7.15. The molecule has 0 radical (unpaired) electrons. The van der Waals surface area contributed by atoms with Gasteiger partial charge in [-0.1, -0.05) is 80.5 Å². The Balaban J connectivity index is 0.00000172. The fraction of sp³-hybridized carbons (Fsp3) is 0.632. The van der Waals surface area contributed by atoms with Crippen molar-refractivity contribution in [1.82, 2.24) is 0 Å². The van der Waals surface area contributed by atoms with E-state index in [0.717, 1.165) is 0 Å². The van der Waals surface area contributed by atoms with Gasteiger partial charge in [0, 0.05) is 0 Å². The van der Waals surface area contributed by atoms with E-state index in [4.69, 9.17) is 4.79 Å². The van der Waals surface area contributed by atoms with Crippen molar-refractivity contribution in [2.75, 3.05) is 0 Å². The molecule has 0 heterocycles. The summed E-state index contributed by atoms with van der Waals surface area (Å²) in [4.78, 5) is 8.00. The summed E-state index contributed by atoms with van der Waals surface area (Å²) < 4.78 is 0. The van der Waals surface area contributed by atoms with E-state index in [2.05, 4.69) is 80.5 Å². The SMILES string of the molecule is C=O.CC(C)(C)c1cc(C(C)(C)C)cc(C(C)(C)C)c1. The van der Waals surface area contributed by atoms with E-state index in [9.17, 15) is 0 Å². The Morgan fingerprint density at radius 2 is 0.700 bits per heavy atom. The van der Waals surface area contributed by atoms with Gasteiger partial charge in [-0.3, -0.25) is 0 Å². The van der Waals surface area contributed by atoms with Gasteiger partial charge in [0.25, 0.3) is 0 Å². The molecule has 0 atom stereocenters. The first-order valence-electron chi connectivity index (χ1n) is 7.27. The maximum atomic E-state index is 8.00. The Morgan fingerprint density at radius 3 is 0.800 bits per heavy atom. The molecule has 114 valence electrons. The Bertz CT molecular complexity index is 357. The Morgan fingerprint density at radius 1 is 0.550 bits per heavy atom. The van der Waals surface area contributed by atoms with Crippen molar-refractivity contribution in [2.45, 2.75) is 78.6 Å². The van der Waals surface area contributed by atoms with E-state index in [1.165, 1.54) is 16.7 Å². The van der Waals surface area contributed by atoms with Crippen LogP contribution in [0.4, 0.5) is 0 Å². The molecule has 0 aromatic heterocycles. The van der Waals surface area contributed by atoms with Crippen LogP contribution in [0.3, 0.4) is 0 Å². The second kappa shape index (κ2) is 6.11. The molecule has 0 bridgehead atoms. The van der Waals surface area contributed by atoms with Gasteiger partial charge < -0.3 is 4.79 Å². The van der Waals surface area contributed by atoms with Gasteiger partial charge in [0.1, 0.15) is 6.79 Å². The number of hydrogen-bond donors (Lipinski definition) is 0. The van der Waals surface area contributed by atoms with Crippen LogP contribution in [-0.4, -0.2) is 6.79 Å². The van der Waals surface area contributed by atoms with Crippen LogP contribution in [0.5, 0.6) is 0 Å². The first-order valence-corrected chi connectivity index (χ1v) is 7.27. The molecule has 1 nitrogen and oxygen atoms in total. The van der Waals surface area contributed by atoms with Gasteiger partial charge in [0.2, 0.25) is 0 Å². The predicted molar refractivity (Wildman–Crippen MR) is 89.7 cm³/mol. The van der Waals surface area contributed by atoms with Crippen molar-refractivity contribution in [1.29, 1.82) is 0 Å². The molecule has 0 aliphatic rings. The Kier molecular flexibility index (Phi) is 5.78. The minimum atomic E-state index is 0.210. The lowest BCUT2D eigenvalue weighted by Crippen LogP contribution is -2.20. The monoisotopic (exact) mass is 276 g/mol. The number of carbonyl (C=O) groups is 1. The quantitative estimate of drug-likeness (QED) is 0.620. The smallest absolute Gasteiger partial charge is 0.106 e. The van der Waals surface area contributed by atoms with E-state index in [1.54, 1.807) is 0 Å². The standard InChI is InChI=1S/C18H30.CH2O/c1-16(2,3)13-10-14(17(4,5)6)12-15(11-13)18(7,8)9;1-2/h10-12H,1-9H3;1H2. The van der Waals surface area contributed by atoms with Crippen LogP contribution < -0.4 is 0 Å². The molecule has 0 N–H and O–H groups in total. The molecular weight excluding hydrogens is 244 g/mol. The fourth-order valence-corrected chi connectivity index (χ4v) is 1.93. The molecule has 0 saturated heterocycles. The highest BCUT2D eigenvalue weighted by Gasteiger charge is 2.23. The fourth-order valence-electron chi connectivity index (χ4n) is 1.93. The summed E-state index contributed by atoms with van der Waals surface area (Å²) >= 11 is 0. The van der Waals surface area contributed by atoms with Crippen molar-refractivity contribution >= 4 is 6.79 Å². The molecule has 20 heavy (non-hydrogen) atoms. The average molecular weight is 276 g/mol. The molecule has 1 aromatic carbocycles. The molecule has 0 spiro atoms. The normalized spacial score (nSPS) is 12.7. The third-order valence-electron chi connectivity index (χ3n) is 3.53.